The number of carbonyl (C=O) groups is 2. The summed E-state index contributed by atoms with van der Waals surface area (Å²) in [5.41, 5.74) is -0.765. The quantitative estimate of drug-likeness (QED) is 0.346. The van der Waals surface area contributed by atoms with Gasteiger partial charge < -0.3 is 24.4 Å². The van der Waals surface area contributed by atoms with Crippen LogP contribution in [0.2, 0.25) is 0 Å². The molecule has 5 aliphatic carbocycles. The van der Waals surface area contributed by atoms with Gasteiger partial charge in [0, 0.05) is 17.8 Å². The fraction of sp³-hybridized carbons (Fsp3) is 0.795. The first-order valence-corrected chi connectivity index (χ1v) is 17.9. The lowest BCUT2D eigenvalue weighted by Crippen LogP contribution is -2.60. The van der Waals surface area contributed by atoms with Crippen LogP contribution in [0.25, 0.3) is 0 Å². The van der Waals surface area contributed by atoms with Crippen molar-refractivity contribution < 1.29 is 34.0 Å². The molecule has 5 saturated carbocycles. The molecule has 46 heavy (non-hydrogen) atoms. The highest BCUT2D eigenvalue weighted by molar-refractivity contribution is 5.89. The van der Waals surface area contributed by atoms with Gasteiger partial charge in [-0.2, -0.15) is 0 Å². The van der Waals surface area contributed by atoms with Crippen molar-refractivity contribution in [3.05, 3.63) is 35.9 Å². The number of fused-ring (bicyclic) bond motifs is 4. The third-order valence-corrected chi connectivity index (χ3v) is 15.4. The van der Waals surface area contributed by atoms with Gasteiger partial charge in [-0.15, -0.1) is 0 Å². The standard InChI is InChI=1S/C39H56O7/c1-22-20-25(32(35(5,6)43)44-23(2)40)45-30-29(22)36(7)18-19-39-21-38(39)17-16-28(46-33(42)24-12-10-9-11-13-24)34(3,4)26(38)14-15-27(39)37(36,8)31(30)41/h9-13,22,25-32,41,43H,14-21H2,1-8H3/t22-,25-,26+,27+,28+,29+,30+,31+,32+,36-,37-,38-,39+/m1/s1. The zero-order valence-electron chi connectivity index (χ0n) is 29.2. The molecule has 1 aromatic rings. The van der Waals surface area contributed by atoms with E-state index in [9.17, 15) is 19.8 Å². The van der Waals surface area contributed by atoms with Crippen LogP contribution in [0.3, 0.4) is 0 Å². The molecule has 254 valence electrons. The Morgan fingerprint density at radius 3 is 2.28 bits per heavy atom. The van der Waals surface area contributed by atoms with Crippen molar-refractivity contribution in [3.8, 4) is 0 Å². The number of hydrogen-bond donors (Lipinski definition) is 2. The molecule has 0 aromatic heterocycles. The number of aliphatic hydroxyl groups is 2. The second-order valence-electron chi connectivity index (χ2n) is 18.0. The number of hydrogen-bond acceptors (Lipinski definition) is 7. The van der Waals surface area contributed by atoms with Crippen LogP contribution in [0, 0.1) is 50.7 Å². The highest BCUT2D eigenvalue weighted by Crippen LogP contribution is 2.89. The van der Waals surface area contributed by atoms with E-state index in [2.05, 4.69) is 34.6 Å². The van der Waals surface area contributed by atoms with Crippen LogP contribution < -0.4 is 0 Å². The Kier molecular flexibility index (Phi) is 7.28. The average Bonchev–Trinajstić information content (AvgIpc) is 3.61. The van der Waals surface area contributed by atoms with Crippen molar-refractivity contribution in [2.24, 2.45) is 50.7 Å². The number of esters is 2. The lowest BCUT2D eigenvalue weighted by molar-refractivity contribution is -0.216. The van der Waals surface area contributed by atoms with Gasteiger partial charge in [-0.05, 0) is 117 Å². The molecule has 1 aliphatic heterocycles. The first-order chi connectivity index (χ1) is 21.4. The van der Waals surface area contributed by atoms with Gasteiger partial charge in [-0.1, -0.05) is 52.8 Å². The van der Waals surface area contributed by atoms with Gasteiger partial charge in [0.1, 0.15) is 6.10 Å². The van der Waals surface area contributed by atoms with Crippen molar-refractivity contribution in [1.82, 2.24) is 0 Å². The van der Waals surface area contributed by atoms with Crippen LogP contribution in [-0.4, -0.2) is 58.3 Å². The number of carbonyl (C=O) groups excluding carboxylic acids is 2. The summed E-state index contributed by atoms with van der Waals surface area (Å²) >= 11 is 0. The van der Waals surface area contributed by atoms with Crippen molar-refractivity contribution in [2.45, 2.75) is 143 Å². The molecule has 0 radical (unpaired) electrons. The third kappa shape index (κ3) is 4.19. The van der Waals surface area contributed by atoms with E-state index < -0.39 is 29.9 Å². The van der Waals surface area contributed by atoms with E-state index in [0.717, 1.165) is 32.1 Å². The topological polar surface area (TPSA) is 102 Å². The minimum atomic E-state index is -1.27. The minimum absolute atomic E-state index is 0.0857. The van der Waals surface area contributed by atoms with Gasteiger partial charge in [-0.25, -0.2) is 4.79 Å². The highest BCUT2D eigenvalue weighted by atomic mass is 16.6. The van der Waals surface area contributed by atoms with Crippen molar-refractivity contribution in [2.75, 3.05) is 0 Å². The normalized spacial score (nSPS) is 47.6. The summed E-state index contributed by atoms with van der Waals surface area (Å²) in [5.74, 6) is 0.649. The SMILES string of the molecule is CC(=O)O[C@@H]([C@H]1C[C@@H](C)[C@H]2[C@H](O1)[C@H](O)[C@@]1(C)[C@@H]3CC[C@H]4C(C)(C)[C@@H](OC(=O)c5ccccc5)CC[C@@]45C[C@@]35CC[C@]21C)C(C)(C)O. The monoisotopic (exact) mass is 636 g/mol. The van der Waals surface area contributed by atoms with Crippen LogP contribution >= 0.6 is 0 Å². The van der Waals surface area contributed by atoms with Gasteiger partial charge in [0.15, 0.2) is 6.10 Å². The summed E-state index contributed by atoms with van der Waals surface area (Å²) in [5, 5.41) is 23.5. The first kappa shape index (κ1) is 32.6. The zero-order chi connectivity index (χ0) is 33.2. The Balaban J connectivity index is 1.16. The lowest BCUT2D eigenvalue weighted by Gasteiger charge is -2.63. The molecule has 6 fully saturated rings. The van der Waals surface area contributed by atoms with Gasteiger partial charge >= 0.3 is 11.9 Å². The van der Waals surface area contributed by atoms with Crippen molar-refractivity contribution in [1.29, 1.82) is 0 Å². The molecule has 2 spiro atoms. The van der Waals surface area contributed by atoms with Crippen molar-refractivity contribution >= 4 is 11.9 Å². The molecule has 2 N–H and O–H groups in total. The van der Waals surface area contributed by atoms with Gasteiger partial charge in [-0.3, -0.25) is 4.79 Å². The van der Waals surface area contributed by atoms with Crippen LogP contribution in [0.1, 0.15) is 117 Å². The first-order valence-electron chi connectivity index (χ1n) is 17.9. The van der Waals surface area contributed by atoms with Gasteiger partial charge in [0.25, 0.3) is 0 Å². The molecule has 0 unspecified atom stereocenters. The summed E-state index contributed by atoms with van der Waals surface area (Å²) in [7, 11) is 0. The second-order valence-corrected chi connectivity index (χ2v) is 18.0. The van der Waals surface area contributed by atoms with E-state index in [0.29, 0.717) is 23.8 Å². The fourth-order valence-corrected chi connectivity index (χ4v) is 13.3. The van der Waals surface area contributed by atoms with E-state index in [-0.39, 0.29) is 57.1 Å². The van der Waals surface area contributed by atoms with Gasteiger partial charge in [0.2, 0.25) is 0 Å². The molecule has 1 heterocycles. The number of ether oxygens (including phenoxy) is 3. The summed E-state index contributed by atoms with van der Waals surface area (Å²) < 4.78 is 18.8. The zero-order valence-corrected chi connectivity index (χ0v) is 29.2. The van der Waals surface area contributed by atoms with E-state index >= 15 is 0 Å². The molecule has 7 heteroatoms. The van der Waals surface area contributed by atoms with Crippen molar-refractivity contribution in [3.63, 3.8) is 0 Å². The third-order valence-electron chi connectivity index (χ3n) is 15.4. The minimum Gasteiger partial charge on any atom is -0.458 e. The molecule has 1 aromatic carbocycles. The Morgan fingerprint density at radius 1 is 0.978 bits per heavy atom. The average molecular weight is 637 g/mol. The Bertz CT molecular complexity index is 1380. The van der Waals surface area contributed by atoms with Crippen LogP contribution in [0.4, 0.5) is 0 Å². The largest absolute Gasteiger partial charge is 0.458 e. The summed E-state index contributed by atoms with van der Waals surface area (Å²) in [6, 6.07) is 9.35. The van der Waals surface area contributed by atoms with E-state index in [4.69, 9.17) is 14.2 Å². The van der Waals surface area contributed by atoms with Crippen LogP contribution in [0.5, 0.6) is 0 Å². The maximum Gasteiger partial charge on any atom is 0.338 e. The molecule has 7 rings (SSSR count). The summed E-state index contributed by atoms with van der Waals surface area (Å²) in [6.07, 6.45) is 5.84. The van der Waals surface area contributed by atoms with Crippen LogP contribution in [-0.2, 0) is 19.0 Å². The predicted octanol–water partition coefficient (Wildman–Crippen LogP) is 6.73. The second kappa shape index (κ2) is 10.3. The molecule has 0 amide bonds. The summed E-state index contributed by atoms with van der Waals surface area (Å²) in [4.78, 5) is 25.2. The molecule has 0 bridgehead atoms. The molecule has 13 atom stereocenters. The maximum atomic E-state index is 13.1. The van der Waals surface area contributed by atoms with E-state index in [1.54, 1.807) is 13.8 Å². The number of aliphatic hydroxyl groups excluding tert-OH is 1. The molecular weight excluding hydrogens is 580 g/mol. The Morgan fingerprint density at radius 2 is 1.63 bits per heavy atom. The van der Waals surface area contributed by atoms with Gasteiger partial charge in [0.05, 0.1) is 29.5 Å². The summed E-state index contributed by atoms with van der Waals surface area (Å²) in [6.45, 7) is 16.4. The Hall–Kier alpha value is -1.96. The molecule has 7 nitrogen and oxygen atoms in total. The lowest BCUT2D eigenvalue weighted by atomic mass is 9.41. The molecule has 6 aliphatic rings. The fourth-order valence-electron chi connectivity index (χ4n) is 13.3. The predicted molar refractivity (Wildman–Crippen MR) is 174 cm³/mol. The smallest absolute Gasteiger partial charge is 0.338 e. The molecular formula is C39H56O7. The van der Waals surface area contributed by atoms with Crippen LogP contribution in [0.15, 0.2) is 30.3 Å². The number of rotatable bonds is 5. The number of benzene rings is 1. The van der Waals surface area contributed by atoms with E-state index in [1.165, 1.54) is 19.8 Å². The maximum absolute atomic E-state index is 13.1. The molecule has 1 saturated heterocycles. The highest BCUT2D eigenvalue weighted by Gasteiger charge is 2.84. The Labute approximate surface area is 275 Å². The van der Waals surface area contributed by atoms with E-state index in [1.807, 2.05) is 30.3 Å².